The minimum absolute atomic E-state index is 0.0503. The van der Waals surface area contributed by atoms with Crippen LogP contribution in [0.25, 0.3) is 0 Å². The van der Waals surface area contributed by atoms with Gasteiger partial charge in [0, 0.05) is 5.54 Å². The first-order valence-electron chi connectivity index (χ1n) is 6.02. The second-order valence-corrected chi connectivity index (χ2v) is 4.92. The number of aryl methyl sites for hydroxylation is 1. The molecule has 1 aromatic rings. The van der Waals surface area contributed by atoms with Crippen molar-refractivity contribution in [3.8, 4) is 5.75 Å². The van der Waals surface area contributed by atoms with Crippen LogP contribution in [0.15, 0.2) is 24.3 Å². The third-order valence-corrected chi connectivity index (χ3v) is 2.52. The van der Waals surface area contributed by atoms with E-state index in [9.17, 15) is 0 Å². The fourth-order valence-corrected chi connectivity index (χ4v) is 1.67. The SMILES string of the molecule is CCOc1ccc(CCCC(C)(C)N)cc1. The maximum absolute atomic E-state index is 5.94. The highest BCUT2D eigenvalue weighted by Crippen LogP contribution is 2.15. The summed E-state index contributed by atoms with van der Waals surface area (Å²) in [4.78, 5) is 0. The van der Waals surface area contributed by atoms with Gasteiger partial charge in [0.05, 0.1) is 6.61 Å². The van der Waals surface area contributed by atoms with Gasteiger partial charge in [-0.15, -0.1) is 0 Å². The molecule has 90 valence electrons. The first kappa shape index (κ1) is 13.0. The molecule has 0 radical (unpaired) electrons. The Balaban J connectivity index is 2.37. The summed E-state index contributed by atoms with van der Waals surface area (Å²) in [6.07, 6.45) is 3.28. The van der Waals surface area contributed by atoms with Crippen molar-refractivity contribution in [2.24, 2.45) is 5.73 Å². The largest absolute Gasteiger partial charge is 0.494 e. The highest BCUT2D eigenvalue weighted by molar-refractivity contribution is 5.27. The van der Waals surface area contributed by atoms with Crippen LogP contribution in [-0.2, 0) is 6.42 Å². The number of hydrogen-bond donors (Lipinski definition) is 1. The molecule has 0 aliphatic heterocycles. The second-order valence-electron chi connectivity index (χ2n) is 4.92. The number of nitrogens with two attached hydrogens (primary N) is 1. The Labute approximate surface area is 98.8 Å². The third kappa shape index (κ3) is 5.17. The van der Waals surface area contributed by atoms with E-state index in [1.807, 2.05) is 19.1 Å². The van der Waals surface area contributed by atoms with E-state index in [1.54, 1.807) is 0 Å². The van der Waals surface area contributed by atoms with Crippen molar-refractivity contribution in [2.75, 3.05) is 6.61 Å². The molecule has 0 saturated heterocycles. The van der Waals surface area contributed by atoms with Crippen LogP contribution in [0.4, 0.5) is 0 Å². The van der Waals surface area contributed by atoms with Gasteiger partial charge in [-0.25, -0.2) is 0 Å². The highest BCUT2D eigenvalue weighted by Gasteiger charge is 2.09. The third-order valence-electron chi connectivity index (χ3n) is 2.52. The summed E-state index contributed by atoms with van der Waals surface area (Å²) in [6.45, 7) is 6.87. The Morgan fingerprint density at radius 2 is 1.81 bits per heavy atom. The first-order valence-corrected chi connectivity index (χ1v) is 6.02. The molecule has 2 heteroatoms. The van der Waals surface area contributed by atoms with Crippen LogP contribution in [0, 0.1) is 0 Å². The minimum atomic E-state index is -0.0503. The summed E-state index contributed by atoms with van der Waals surface area (Å²) in [5.41, 5.74) is 7.25. The summed E-state index contributed by atoms with van der Waals surface area (Å²) >= 11 is 0. The summed E-state index contributed by atoms with van der Waals surface area (Å²) in [5, 5.41) is 0. The first-order chi connectivity index (χ1) is 7.51. The zero-order valence-electron chi connectivity index (χ0n) is 10.6. The molecule has 0 saturated carbocycles. The molecule has 0 aliphatic rings. The van der Waals surface area contributed by atoms with Gasteiger partial charge in [-0.05, 0) is 57.7 Å². The molecule has 0 aromatic heterocycles. The molecule has 1 rings (SSSR count). The van der Waals surface area contributed by atoms with E-state index in [-0.39, 0.29) is 5.54 Å². The number of hydrogen-bond acceptors (Lipinski definition) is 2. The molecule has 0 unspecified atom stereocenters. The van der Waals surface area contributed by atoms with Crippen molar-refractivity contribution < 1.29 is 4.74 Å². The molecule has 0 aliphatic carbocycles. The molecular weight excluding hydrogens is 198 g/mol. The van der Waals surface area contributed by atoms with E-state index in [1.165, 1.54) is 5.56 Å². The van der Waals surface area contributed by atoms with Crippen molar-refractivity contribution in [2.45, 2.75) is 45.6 Å². The van der Waals surface area contributed by atoms with Crippen LogP contribution < -0.4 is 10.5 Å². The molecule has 0 heterocycles. The Morgan fingerprint density at radius 1 is 1.19 bits per heavy atom. The Kier molecular flexibility index (Phi) is 4.81. The number of benzene rings is 1. The fourth-order valence-electron chi connectivity index (χ4n) is 1.67. The van der Waals surface area contributed by atoms with Crippen LogP contribution in [0.3, 0.4) is 0 Å². The molecule has 0 fully saturated rings. The zero-order valence-corrected chi connectivity index (χ0v) is 10.6. The predicted octanol–water partition coefficient (Wildman–Crippen LogP) is 3.15. The molecule has 0 atom stereocenters. The van der Waals surface area contributed by atoms with Gasteiger partial charge in [-0.2, -0.15) is 0 Å². The molecule has 0 bridgehead atoms. The van der Waals surface area contributed by atoms with Gasteiger partial charge in [-0.1, -0.05) is 12.1 Å². The lowest BCUT2D eigenvalue weighted by molar-refractivity contribution is 0.340. The molecule has 1 aromatic carbocycles. The Bertz CT molecular complexity index is 298. The standard InChI is InChI=1S/C14H23NO/c1-4-16-13-9-7-12(8-10-13)6-5-11-14(2,3)15/h7-10H,4-6,11,15H2,1-3H3. The van der Waals surface area contributed by atoms with E-state index in [0.717, 1.165) is 31.6 Å². The summed E-state index contributed by atoms with van der Waals surface area (Å²) in [5.74, 6) is 0.949. The maximum atomic E-state index is 5.94. The van der Waals surface area contributed by atoms with Crippen molar-refractivity contribution in [1.29, 1.82) is 0 Å². The van der Waals surface area contributed by atoms with Crippen LogP contribution in [0.2, 0.25) is 0 Å². The van der Waals surface area contributed by atoms with Gasteiger partial charge >= 0.3 is 0 Å². The van der Waals surface area contributed by atoms with Gasteiger partial charge in [-0.3, -0.25) is 0 Å². The lowest BCUT2D eigenvalue weighted by Gasteiger charge is -2.17. The van der Waals surface area contributed by atoms with Crippen LogP contribution in [-0.4, -0.2) is 12.1 Å². The molecule has 0 spiro atoms. The molecule has 2 nitrogen and oxygen atoms in total. The normalized spacial score (nSPS) is 11.5. The van der Waals surface area contributed by atoms with Gasteiger partial charge in [0.15, 0.2) is 0 Å². The zero-order chi connectivity index (χ0) is 12.0. The average Bonchev–Trinajstić information content (AvgIpc) is 2.19. The maximum Gasteiger partial charge on any atom is 0.119 e. The Hall–Kier alpha value is -1.02. The fraction of sp³-hybridized carbons (Fsp3) is 0.571. The molecule has 16 heavy (non-hydrogen) atoms. The van der Waals surface area contributed by atoms with E-state index >= 15 is 0 Å². The monoisotopic (exact) mass is 221 g/mol. The lowest BCUT2D eigenvalue weighted by atomic mass is 9.97. The highest BCUT2D eigenvalue weighted by atomic mass is 16.5. The second kappa shape index (κ2) is 5.90. The van der Waals surface area contributed by atoms with Crippen molar-refractivity contribution in [1.82, 2.24) is 0 Å². The van der Waals surface area contributed by atoms with Crippen LogP contribution in [0.5, 0.6) is 5.75 Å². The van der Waals surface area contributed by atoms with E-state index in [0.29, 0.717) is 0 Å². The molecule has 2 N–H and O–H groups in total. The predicted molar refractivity (Wildman–Crippen MR) is 68.8 cm³/mol. The molecular formula is C14H23NO. The average molecular weight is 221 g/mol. The van der Waals surface area contributed by atoms with Crippen molar-refractivity contribution in [3.05, 3.63) is 29.8 Å². The van der Waals surface area contributed by atoms with E-state index in [2.05, 4.69) is 26.0 Å². The topological polar surface area (TPSA) is 35.2 Å². The summed E-state index contributed by atoms with van der Waals surface area (Å²) in [7, 11) is 0. The minimum Gasteiger partial charge on any atom is -0.494 e. The van der Waals surface area contributed by atoms with Gasteiger partial charge in [0.2, 0.25) is 0 Å². The van der Waals surface area contributed by atoms with Gasteiger partial charge in [0.1, 0.15) is 5.75 Å². The van der Waals surface area contributed by atoms with Gasteiger partial charge < -0.3 is 10.5 Å². The summed E-state index contributed by atoms with van der Waals surface area (Å²) < 4.78 is 5.40. The van der Waals surface area contributed by atoms with Crippen LogP contribution >= 0.6 is 0 Å². The van der Waals surface area contributed by atoms with E-state index < -0.39 is 0 Å². The smallest absolute Gasteiger partial charge is 0.119 e. The van der Waals surface area contributed by atoms with Crippen LogP contribution in [0.1, 0.15) is 39.2 Å². The molecule has 0 amide bonds. The van der Waals surface area contributed by atoms with E-state index in [4.69, 9.17) is 10.5 Å². The van der Waals surface area contributed by atoms with Gasteiger partial charge in [0.25, 0.3) is 0 Å². The number of ether oxygens (including phenoxy) is 1. The number of rotatable bonds is 6. The summed E-state index contributed by atoms with van der Waals surface area (Å²) in [6, 6.07) is 8.34. The Morgan fingerprint density at radius 3 is 2.31 bits per heavy atom. The quantitative estimate of drug-likeness (QED) is 0.801. The van der Waals surface area contributed by atoms with Crippen molar-refractivity contribution in [3.63, 3.8) is 0 Å². The lowest BCUT2D eigenvalue weighted by Crippen LogP contribution is -2.31. The van der Waals surface area contributed by atoms with Crippen molar-refractivity contribution >= 4 is 0 Å².